The Labute approximate surface area is 115 Å². The third kappa shape index (κ3) is 2.87. The van der Waals surface area contributed by atoms with Gasteiger partial charge in [-0.1, -0.05) is 43.5 Å². The fourth-order valence-corrected chi connectivity index (χ4v) is 3.28. The van der Waals surface area contributed by atoms with Crippen molar-refractivity contribution in [1.29, 1.82) is 0 Å². The van der Waals surface area contributed by atoms with Gasteiger partial charge >= 0.3 is 0 Å². The van der Waals surface area contributed by atoms with E-state index in [1.165, 1.54) is 31.2 Å². The quantitative estimate of drug-likeness (QED) is 0.639. The van der Waals surface area contributed by atoms with E-state index in [0.717, 1.165) is 16.5 Å². The van der Waals surface area contributed by atoms with Crippen molar-refractivity contribution in [2.75, 3.05) is 0 Å². The van der Waals surface area contributed by atoms with Gasteiger partial charge in [0, 0.05) is 11.1 Å². The van der Waals surface area contributed by atoms with E-state index in [0.29, 0.717) is 5.92 Å². The molecular formula is C15H23ClN2. The van der Waals surface area contributed by atoms with Crippen LogP contribution in [0.25, 0.3) is 0 Å². The first-order chi connectivity index (χ1) is 8.65. The maximum Gasteiger partial charge on any atom is 0.0488 e. The molecule has 0 bridgehead atoms. The van der Waals surface area contributed by atoms with E-state index >= 15 is 0 Å². The lowest BCUT2D eigenvalue weighted by molar-refractivity contribution is 0.358. The van der Waals surface area contributed by atoms with E-state index in [-0.39, 0.29) is 6.04 Å². The highest BCUT2D eigenvalue weighted by Crippen LogP contribution is 2.40. The van der Waals surface area contributed by atoms with Crippen LogP contribution in [-0.4, -0.2) is 0 Å². The summed E-state index contributed by atoms with van der Waals surface area (Å²) in [6.45, 7) is 4.31. The van der Waals surface area contributed by atoms with Crippen molar-refractivity contribution in [3.05, 3.63) is 34.3 Å². The van der Waals surface area contributed by atoms with Crippen LogP contribution in [0.5, 0.6) is 0 Å². The number of rotatable bonds is 4. The van der Waals surface area contributed by atoms with Crippen LogP contribution in [0.2, 0.25) is 5.02 Å². The zero-order valence-corrected chi connectivity index (χ0v) is 12.0. The molecule has 1 saturated carbocycles. The van der Waals surface area contributed by atoms with Crippen LogP contribution < -0.4 is 11.3 Å². The minimum absolute atomic E-state index is 0.236. The second kappa shape index (κ2) is 6.05. The molecule has 0 aliphatic heterocycles. The molecular weight excluding hydrogens is 244 g/mol. The summed E-state index contributed by atoms with van der Waals surface area (Å²) in [7, 11) is 0. The van der Waals surface area contributed by atoms with Crippen molar-refractivity contribution in [1.82, 2.24) is 5.43 Å². The average molecular weight is 267 g/mol. The van der Waals surface area contributed by atoms with Crippen molar-refractivity contribution in [2.45, 2.75) is 45.6 Å². The summed E-state index contributed by atoms with van der Waals surface area (Å²) in [4.78, 5) is 0. The van der Waals surface area contributed by atoms with Gasteiger partial charge < -0.3 is 0 Å². The summed E-state index contributed by atoms with van der Waals surface area (Å²) >= 11 is 6.21. The van der Waals surface area contributed by atoms with Gasteiger partial charge in [0.05, 0.1) is 0 Å². The molecule has 0 aromatic heterocycles. The van der Waals surface area contributed by atoms with E-state index in [9.17, 15) is 0 Å². The van der Waals surface area contributed by atoms with Crippen LogP contribution in [0.1, 0.15) is 49.8 Å². The average Bonchev–Trinajstić information content (AvgIpc) is 2.83. The Kier molecular flexibility index (Phi) is 4.66. The van der Waals surface area contributed by atoms with Crippen LogP contribution >= 0.6 is 11.6 Å². The molecule has 3 unspecified atom stereocenters. The third-order valence-electron chi connectivity index (χ3n) is 4.37. The fraction of sp³-hybridized carbons (Fsp3) is 0.600. The first-order valence-electron chi connectivity index (χ1n) is 6.87. The van der Waals surface area contributed by atoms with Gasteiger partial charge in [-0.3, -0.25) is 11.3 Å². The molecule has 18 heavy (non-hydrogen) atoms. The molecule has 0 spiro atoms. The largest absolute Gasteiger partial charge is 0.271 e. The molecule has 0 amide bonds. The Hall–Kier alpha value is -0.570. The van der Waals surface area contributed by atoms with Crippen molar-refractivity contribution in [3.63, 3.8) is 0 Å². The predicted molar refractivity (Wildman–Crippen MR) is 77.4 cm³/mol. The highest BCUT2D eigenvalue weighted by molar-refractivity contribution is 6.31. The lowest BCUT2D eigenvalue weighted by Crippen LogP contribution is -2.32. The van der Waals surface area contributed by atoms with E-state index in [1.54, 1.807) is 0 Å². The molecule has 100 valence electrons. The number of hydrogen-bond acceptors (Lipinski definition) is 2. The summed E-state index contributed by atoms with van der Waals surface area (Å²) in [5.74, 6) is 7.27. The molecule has 1 aliphatic rings. The number of hydrazine groups is 1. The van der Waals surface area contributed by atoms with E-state index in [4.69, 9.17) is 17.4 Å². The van der Waals surface area contributed by atoms with Gasteiger partial charge in [-0.05, 0) is 48.8 Å². The number of nitrogens with two attached hydrogens (primary N) is 1. The van der Waals surface area contributed by atoms with E-state index in [1.807, 2.05) is 6.92 Å². The SMILES string of the molecule is CCC1CCC(C(NN)c2ccc(C)c(Cl)c2)C1. The molecule has 1 fully saturated rings. The van der Waals surface area contributed by atoms with Gasteiger partial charge in [-0.15, -0.1) is 0 Å². The second-order valence-corrected chi connectivity index (χ2v) is 5.91. The van der Waals surface area contributed by atoms with Crippen LogP contribution in [0.4, 0.5) is 0 Å². The summed E-state index contributed by atoms with van der Waals surface area (Å²) in [5, 5.41) is 0.831. The summed E-state index contributed by atoms with van der Waals surface area (Å²) < 4.78 is 0. The topological polar surface area (TPSA) is 38.0 Å². The lowest BCUT2D eigenvalue weighted by Gasteiger charge is -2.24. The minimum atomic E-state index is 0.236. The van der Waals surface area contributed by atoms with Gasteiger partial charge in [0.25, 0.3) is 0 Å². The predicted octanol–water partition coefficient (Wildman–Crippen LogP) is 3.98. The Balaban J connectivity index is 2.15. The van der Waals surface area contributed by atoms with Gasteiger partial charge in [0.1, 0.15) is 0 Å². The number of benzene rings is 1. The zero-order chi connectivity index (χ0) is 13.1. The number of nitrogens with one attached hydrogen (secondary N) is 1. The molecule has 0 saturated heterocycles. The Morgan fingerprint density at radius 3 is 2.78 bits per heavy atom. The molecule has 3 N–H and O–H groups in total. The number of halogens is 1. The Morgan fingerprint density at radius 2 is 2.22 bits per heavy atom. The highest BCUT2D eigenvalue weighted by atomic mass is 35.5. The number of aryl methyl sites for hydroxylation is 1. The first-order valence-corrected chi connectivity index (χ1v) is 7.25. The van der Waals surface area contributed by atoms with E-state index in [2.05, 4.69) is 30.5 Å². The van der Waals surface area contributed by atoms with Crippen LogP contribution in [0, 0.1) is 18.8 Å². The minimum Gasteiger partial charge on any atom is -0.271 e. The van der Waals surface area contributed by atoms with Crippen molar-refractivity contribution < 1.29 is 0 Å². The summed E-state index contributed by atoms with van der Waals surface area (Å²) in [6.07, 6.45) is 5.15. The van der Waals surface area contributed by atoms with Crippen LogP contribution in [0.3, 0.4) is 0 Å². The van der Waals surface area contributed by atoms with Crippen molar-refractivity contribution in [3.8, 4) is 0 Å². The summed E-state index contributed by atoms with van der Waals surface area (Å²) in [6, 6.07) is 6.51. The van der Waals surface area contributed by atoms with Crippen molar-refractivity contribution >= 4 is 11.6 Å². The monoisotopic (exact) mass is 266 g/mol. The molecule has 3 atom stereocenters. The second-order valence-electron chi connectivity index (χ2n) is 5.50. The molecule has 3 heteroatoms. The van der Waals surface area contributed by atoms with Crippen LogP contribution in [-0.2, 0) is 0 Å². The highest BCUT2D eigenvalue weighted by Gasteiger charge is 2.30. The maximum atomic E-state index is 6.21. The molecule has 0 heterocycles. The lowest BCUT2D eigenvalue weighted by atomic mass is 9.90. The van der Waals surface area contributed by atoms with Gasteiger partial charge in [-0.25, -0.2) is 0 Å². The zero-order valence-electron chi connectivity index (χ0n) is 11.2. The molecule has 2 rings (SSSR count). The molecule has 0 radical (unpaired) electrons. The molecule has 1 aliphatic carbocycles. The fourth-order valence-electron chi connectivity index (χ4n) is 3.09. The molecule has 1 aromatic rings. The van der Waals surface area contributed by atoms with E-state index < -0.39 is 0 Å². The van der Waals surface area contributed by atoms with Crippen LogP contribution in [0.15, 0.2) is 18.2 Å². The first kappa shape index (κ1) is 13.9. The normalized spacial score (nSPS) is 25.3. The van der Waals surface area contributed by atoms with Gasteiger partial charge in [-0.2, -0.15) is 0 Å². The Bertz CT molecular complexity index is 405. The molecule has 2 nitrogen and oxygen atoms in total. The van der Waals surface area contributed by atoms with Crippen molar-refractivity contribution in [2.24, 2.45) is 17.7 Å². The number of hydrogen-bond donors (Lipinski definition) is 2. The smallest absolute Gasteiger partial charge is 0.0488 e. The van der Waals surface area contributed by atoms with Gasteiger partial charge in [0.2, 0.25) is 0 Å². The third-order valence-corrected chi connectivity index (χ3v) is 4.77. The Morgan fingerprint density at radius 1 is 1.44 bits per heavy atom. The van der Waals surface area contributed by atoms with Gasteiger partial charge in [0.15, 0.2) is 0 Å². The molecule has 1 aromatic carbocycles. The standard InChI is InChI=1S/C15H23ClN2/c1-3-11-5-7-12(8-11)15(18-17)13-6-4-10(2)14(16)9-13/h4,6,9,11-12,15,18H,3,5,7-8,17H2,1-2H3. The summed E-state index contributed by atoms with van der Waals surface area (Å²) in [5.41, 5.74) is 5.33. The maximum absolute atomic E-state index is 6.21.